The summed E-state index contributed by atoms with van der Waals surface area (Å²) in [7, 11) is 0. The van der Waals surface area contributed by atoms with Crippen LogP contribution in [0.2, 0.25) is 0 Å². The molecule has 0 atom stereocenters. The van der Waals surface area contributed by atoms with E-state index < -0.39 is 17.5 Å². The molecule has 0 bridgehead atoms. The summed E-state index contributed by atoms with van der Waals surface area (Å²) in [6.07, 6.45) is 4.17. The highest BCUT2D eigenvalue weighted by molar-refractivity contribution is 5.92. The third kappa shape index (κ3) is 6.46. The van der Waals surface area contributed by atoms with Gasteiger partial charge < -0.3 is 10.1 Å². The van der Waals surface area contributed by atoms with Crippen molar-refractivity contribution in [3.05, 3.63) is 39.4 Å². The molecule has 0 aliphatic rings. The molecule has 0 saturated carbocycles. The van der Waals surface area contributed by atoms with Crippen LogP contribution >= 0.6 is 0 Å². The van der Waals surface area contributed by atoms with Crippen molar-refractivity contribution in [2.75, 3.05) is 13.2 Å². The van der Waals surface area contributed by atoms with Gasteiger partial charge in [-0.1, -0.05) is 32.3 Å². The molecule has 1 amide bonds. The van der Waals surface area contributed by atoms with E-state index in [1.165, 1.54) is 12.1 Å². The number of carbonyl (C=O) groups excluding carboxylic acids is 2. The maximum Gasteiger partial charge on any atom is 0.338 e. The fraction of sp³-hybridized carbons (Fsp3) is 0.500. The Morgan fingerprint density at radius 3 is 2.65 bits per heavy atom. The Bertz CT molecular complexity index is 572. The molecule has 0 radical (unpaired) electrons. The SMILES string of the molecule is CCCCCCNC(=O)COC(=O)c1ccc(C)c([N+](=O)[O-])c1. The number of nitro benzene ring substituents is 1. The number of esters is 1. The van der Waals surface area contributed by atoms with Crippen LogP contribution in [0.1, 0.15) is 48.5 Å². The van der Waals surface area contributed by atoms with Crippen LogP contribution in [0.25, 0.3) is 0 Å². The summed E-state index contributed by atoms with van der Waals surface area (Å²) < 4.78 is 4.87. The van der Waals surface area contributed by atoms with Gasteiger partial charge in [-0.15, -0.1) is 0 Å². The van der Waals surface area contributed by atoms with Crippen molar-refractivity contribution >= 4 is 17.6 Å². The van der Waals surface area contributed by atoms with Crippen molar-refractivity contribution in [1.82, 2.24) is 5.32 Å². The fourth-order valence-electron chi connectivity index (χ4n) is 1.98. The number of rotatable bonds is 9. The molecule has 0 fully saturated rings. The molecule has 23 heavy (non-hydrogen) atoms. The van der Waals surface area contributed by atoms with E-state index in [9.17, 15) is 19.7 Å². The average molecular weight is 322 g/mol. The minimum absolute atomic E-state index is 0.0537. The lowest BCUT2D eigenvalue weighted by atomic mass is 10.1. The first kappa shape index (κ1) is 18.6. The number of benzene rings is 1. The number of nitrogens with one attached hydrogen (secondary N) is 1. The summed E-state index contributed by atoms with van der Waals surface area (Å²) in [6, 6.07) is 4.07. The van der Waals surface area contributed by atoms with Crippen LogP contribution in [0.15, 0.2) is 18.2 Å². The standard InChI is InChI=1S/C16H22N2O5/c1-3-4-5-6-9-17-15(19)11-23-16(20)13-8-7-12(2)14(10-13)18(21)22/h7-8,10H,3-6,9,11H2,1-2H3,(H,17,19). The monoisotopic (exact) mass is 322 g/mol. The van der Waals surface area contributed by atoms with Crippen molar-refractivity contribution in [3.8, 4) is 0 Å². The van der Waals surface area contributed by atoms with Gasteiger partial charge in [-0.25, -0.2) is 4.79 Å². The molecule has 7 nitrogen and oxygen atoms in total. The summed E-state index contributed by atoms with van der Waals surface area (Å²) in [5, 5.41) is 13.5. The highest BCUT2D eigenvalue weighted by atomic mass is 16.6. The molecule has 1 N–H and O–H groups in total. The number of nitro groups is 1. The van der Waals surface area contributed by atoms with Gasteiger partial charge in [0.15, 0.2) is 6.61 Å². The highest BCUT2D eigenvalue weighted by Gasteiger charge is 2.16. The normalized spacial score (nSPS) is 10.2. The molecule has 0 heterocycles. The van der Waals surface area contributed by atoms with Crippen LogP contribution in [0.3, 0.4) is 0 Å². The van der Waals surface area contributed by atoms with Gasteiger partial charge in [0.1, 0.15) is 0 Å². The van der Waals surface area contributed by atoms with Gasteiger partial charge in [0.2, 0.25) is 0 Å². The first-order valence-electron chi connectivity index (χ1n) is 7.64. The zero-order valence-corrected chi connectivity index (χ0v) is 13.5. The minimum Gasteiger partial charge on any atom is -0.452 e. The van der Waals surface area contributed by atoms with Crippen molar-refractivity contribution < 1.29 is 19.2 Å². The van der Waals surface area contributed by atoms with Gasteiger partial charge in [0.25, 0.3) is 11.6 Å². The van der Waals surface area contributed by atoms with Crippen LogP contribution in [0.4, 0.5) is 5.69 Å². The second-order valence-electron chi connectivity index (χ2n) is 5.25. The molecule has 1 rings (SSSR count). The summed E-state index contributed by atoms with van der Waals surface area (Å²) in [5.74, 6) is -1.13. The quantitative estimate of drug-likeness (QED) is 0.326. The van der Waals surface area contributed by atoms with Crippen LogP contribution < -0.4 is 5.32 Å². The number of amides is 1. The van der Waals surface area contributed by atoms with E-state index in [-0.39, 0.29) is 17.2 Å². The van der Waals surface area contributed by atoms with Crippen LogP contribution in [-0.4, -0.2) is 30.0 Å². The molecule has 1 aromatic rings. The van der Waals surface area contributed by atoms with Gasteiger partial charge in [0.05, 0.1) is 10.5 Å². The van der Waals surface area contributed by atoms with E-state index in [2.05, 4.69) is 12.2 Å². The average Bonchev–Trinajstić information content (AvgIpc) is 2.52. The van der Waals surface area contributed by atoms with Crippen molar-refractivity contribution in [2.45, 2.75) is 39.5 Å². The number of hydrogen-bond acceptors (Lipinski definition) is 5. The van der Waals surface area contributed by atoms with Crippen molar-refractivity contribution in [2.24, 2.45) is 0 Å². The zero-order chi connectivity index (χ0) is 17.2. The van der Waals surface area contributed by atoms with E-state index in [1.54, 1.807) is 6.92 Å². The molecular weight excluding hydrogens is 300 g/mol. The smallest absolute Gasteiger partial charge is 0.338 e. The maximum absolute atomic E-state index is 11.8. The second kappa shape index (κ2) is 9.55. The highest BCUT2D eigenvalue weighted by Crippen LogP contribution is 2.19. The number of nitrogens with zero attached hydrogens (tertiary/aromatic N) is 1. The van der Waals surface area contributed by atoms with E-state index in [0.29, 0.717) is 12.1 Å². The van der Waals surface area contributed by atoms with Crippen LogP contribution in [0.5, 0.6) is 0 Å². The Kier molecular flexibility index (Phi) is 7.73. The molecule has 0 unspecified atom stereocenters. The van der Waals surface area contributed by atoms with E-state index in [4.69, 9.17) is 4.74 Å². The summed E-state index contributed by atoms with van der Waals surface area (Å²) in [5.41, 5.74) is 0.356. The van der Waals surface area contributed by atoms with E-state index in [0.717, 1.165) is 31.7 Å². The topological polar surface area (TPSA) is 98.5 Å². The van der Waals surface area contributed by atoms with Gasteiger partial charge in [-0.2, -0.15) is 0 Å². The zero-order valence-electron chi connectivity index (χ0n) is 13.5. The third-order valence-electron chi connectivity index (χ3n) is 3.33. The third-order valence-corrected chi connectivity index (χ3v) is 3.33. The Hall–Kier alpha value is -2.44. The summed E-state index contributed by atoms with van der Waals surface area (Å²) in [4.78, 5) is 33.7. The second-order valence-corrected chi connectivity index (χ2v) is 5.25. The lowest BCUT2D eigenvalue weighted by Crippen LogP contribution is -2.29. The lowest BCUT2D eigenvalue weighted by Gasteiger charge is -2.07. The largest absolute Gasteiger partial charge is 0.452 e. The van der Waals surface area contributed by atoms with Gasteiger partial charge in [0, 0.05) is 18.2 Å². The molecule has 1 aromatic carbocycles. The number of unbranched alkanes of at least 4 members (excludes halogenated alkanes) is 3. The predicted octanol–water partition coefficient (Wildman–Crippen LogP) is 2.76. The molecule has 7 heteroatoms. The Morgan fingerprint density at radius 2 is 2.00 bits per heavy atom. The van der Waals surface area contributed by atoms with Gasteiger partial charge >= 0.3 is 5.97 Å². The molecule has 0 aromatic heterocycles. The predicted molar refractivity (Wildman–Crippen MR) is 85.3 cm³/mol. The molecule has 126 valence electrons. The van der Waals surface area contributed by atoms with E-state index >= 15 is 0 Å². The molecular formula is C16H22N2O5. The molecule has 0 aliphatic heterocycles. The molecule has 0 spiro atoms. The van der Waals surface area contributed by atoms with Crippen LogP contribution in [-0.2, 0) is 9.53 Å². The summed E-state index contributed by atoms with van der Waals surface area (Å²) >= 11 is 0. The number of hydrogen-bond donors (Lipinski definition) is 1. The first-order valence-corrected chi connectivity index (χ1v) is 7.64. The van der Waals surface area contributed by atoms with Crippen molar-refractivity contribution in [3.63, 3.8) is 0 Å². The minimum atomic E-state index is -0.755. The Labute approximate surface area is 135 Å². The number of carbonyl (C=O) groups is 2. The summed E-state index contributed by atoms with van der Waals surface area (Å²) in [6.45, 7) is 3.84. The van der Waals surface area contributed by atoms with Gasteiger partial charge in [-0.05, 0) is 19.4 Å². The van der Waals surface area contributed by atoms with Crippen molar-refractivity contribution in [1.29, 1.82) is 0 Å². The Balaban J connectivity index is 2.43. The number of aryl methyl sites for hydroxylation is 1. The Morgan fingerprint density at radius 1 is 1.26 bits per heavy atom. The maximum atomic E-state index is 11.8. The lowest BCUT2D eigenvalue weighted by molar-refractivity contribution is -0.385. The number of ether oxygens (including phenoxy) is 1. The fourth-order valence-corrected chi connectivity index (χ4v) is 1.98. The van der Waals surface area contributed by atoms with Gasteiger partial charge in [-0.3, -0.25) is 14.9 Å². The van der Waals surface area contributed by atoms with Crippen LogP contribution in [0, 0.1) is 17.0 Å². The molecule has 0 saturated heterocycles. The van der Waals surface area contributed by atoms with E-state index in [1.807, 2.05) is 0 Å². The first-order chi connectivity index (χ1) is 11.0. The molecule has 0 aliphatic carbocycles.